The van der Waals surface area contributed by atoms with Crippen LogP contribution in [0.2, 0.25) is 0 Å². The lowest BCUT2D eigenvalue weighted by molar-refractivity contribution is -0.120. The molecule has 0 bridgehead atoms. The molecule has 2 rings (SSSR count). The molecule has 0 aliphatic rings. The molecule has 0 radical (unpaired) electrons. The Kier molecular flexibility index (Phi) is 7.04. The smallest absolute Gasteiger partial charge is 0.238 e. The predicted octanol–water partition coefficient (Wildman–Crippen LogP) is 2.48. The van der Waals surface area contributed by atoms with Crippen LogP contribution < -0.4 is 10.5 Å². The molecule has 2 aromatic carbocycles. The van der Waals surface area contributed by atoms with Crippen molar-refractivity contribution in [3.63, 3.8) is 0 Å². The minimum atomic E-state index is -3.66. The number of thioether (sulfide) groups is 1. The summed E-state index contributed by atoms with van der Waals surface area (Å²) in [5.41, 5.74) is 2.17. The van der Waals surface area contributed by atoms with Crippen LogP contribution in [0.5, 0.6) is 0 Å². The molecule has 25 heavy (non-hydrogen) atoms. The Morgan fingerprint density at radius 3 is 2.32 bits per heavy atom. The average molecular weight is 379 g/mol. The summed E-state index contributed by atoms with van der Waals surface area (Å²) in [6.45, 7) is 2.56. The number of hydrogen-bond acceptors (Lipinski definition) is 4. The second kappa shape index (κ2) is 9.03. The molecular weight excluding hydrogens is 356 g/mol. The molecule has 0 fully saturated rings. The lowest BCUT2D eigenvalue weighted by Gasteiger charge is -2.06. The zero-order chi connectivity index (χ0) is 18.3. The highest BCUT2D eigenvalue weighted by molar-refractivity contribution is 7.99. The van der Waals surface area contributed by atoms with Gasteiger partial charge in [-0.3, -0.25) is 4.79 Å². The Hall–Kier alpha value is -1.83. The van der Waals surface area contributed by atoms with Crippen molar-refractivity contribution in [2.24, 2.45) is 5.14 Å². The van der Waals surface area contributed by atoms with E-state index in [2.05, 4.69) is 29.6 Å². The molecule has 0 atom stereocenters. The average Bonchev–Trinajstić information content (AvgIpc) is 2.56. The molecule has 0 saturated carbocycles. The lowest BCUT2D eigenvalue weighted by atomic mass is 10.1. The van der Waals surface area contributed by atoms with Crippen molar-refractivity contribution < 1.29 is 13.2 Å². The Balaban J connectivity index is 1.67. The molecule has 0 aliphatic carbocycles. The third kappa shape index (κ3) is 6.89. The van der Waals surface area contributed by atoms with E-state index in [-0.39, 0.29) is 10.8 Å². The third-order valence-electron chi connectivity index (χ3n) is 3.61. The fraction of sp³-hybridized carbons (Fsp3) is 0.278. The lowest BCUT2D eigenvalue weighted by Crippen LogP contribution is -2.25. The number of nitrogens with one attached hydrogen (secondary N) is 1. The first-order valence-electron chi connectivity index (χ1n) is 7.92. The first-order chi connectivity index (χ1) is 11.8. The van der Waals surface area contributed by atoms with Crippen LogP contribution in [0.25, 0.3) is 0 Å². The molecule has 7 heteroatoms. The van der Waals surface area contributed by atoms with Crippen molar-refractivity contribution in [3.8, 4) is 0 Å². The second-order valence-electron chi connectivity index (χ2n) is 5.70. The van der Waals surface area contributed by atoms with Gasteiger partial charge in [0, 0.05) is 23.6 Å². The molecular formula is C18H22N2O3S2. The number of benzene rings is 2. The van der Waals surface area contributed by atoms with Gasteiger partial charge in [0.2, 0.25) is 15.9 Å². The molecule has 2 aromatic rings. The Morgan fingerprint density at radius 1 is 1.08 bits per heavy atom. The molecule has 0 spiro atoms. The van der Waals surface area contributed by atoms with Gasteiger partial charge in [0.05, 0.1) is 4.90 Å². The maximum atomic E-state index is 11.8. The van der Waals surface area contributed by atoms with Gasteiger partial charge < -0.3 is 5.32 Å². The highest BCUT2D eigenvalue weighted by atomic mass is 32.2. The van der Waals surface area contributed by atoms with Gasteiger partial charge in [0.25, 0.3) is 0 Å². The zero-order valence-corrected chi connectivity index (χ0v) is 15.7. The first-order valence-corrected chi connectivity index (χ1v) is 10.5. The van der Waals surface area contributed by atoms with E-state index in [0.29, 0.717) is 19.4 Å². The number of nitrogens with two attached hydrogens (primary N) is 1. The minimum Gasteiger partial charge on any atom is -0.356 e. The minimum absolute atomic E-state index is 0.0146. The largest absolute Gasteiger partial charge is 0.356 e. The molecule has 5 nitrogen and oxygen atoms in total. The van der Waals surface area contributed by atoms with Crippen LogP contribution in [-0.2, 0) is 21.2 Å². The van der Waals surface area contributed by atoms with Crippen molar-refractivity contribution in [1.82, 2.24) is 5.32 Å². The Labute approximate surface area is 153 Å². The molecule has 0 unspecified atom stereocenters. The van der Waals surface area contributed by atoms with Crippen LogP contribution in [0.3, 0.4) is 0 Å². The zero-order valence-electron chi connectivity index (χ0n) is 14.1. The number of primary sulfonamides is 1. The molecule has 1 amide bonds. The van der Waals surface area contributed by atoms with Gasteiger partial charge in [-0.25, -0.2) is 13.6 Å². The standard InChI is InChI=1S/C18H22N2O3S2/c1-14-2-6-16(7-3-14)24-13-11-18(21)20-12-10-15-4-8-17(9-5-15)25(19,22)23/h2-9H,10-13H2,1H3,(H,20,21)(H2,19,22,23). The number of carbonyl (C=O) groups excluding carboxylic acids is 1. The molecule has 0 aromatic heterocycles. The third-order valence-corrected chi connectivity index (χ3v) is 5.55. The van der Waals surface area contributed by atoms with Gasteiger partial charge in [0.1, 0.15) is 0 Å². The van der Waals surface area contributed by atoms with E-state index in [4.69, 9.17) is 5.14 Å². The number of aryl methyl sites for hydroxylation is 1. The summed E-state index contributed by atoms with van der Waals surface area (Å²) < 4.78 is 22.4. The first kappa shape index (κ1) is 19.5. The molecule has 0 aliphatic heterocycles. The van der Waals surface area contributed by atoms with Crippen LogP contribution >= 0.6 is 11.8 Å². The van der Waals surface area contributed by atoms with E-state index in [9.17, 15) is 13.2 Å². The summed E-state index contributed by atoms with van der Waals surface area (Å²) in [4.78, 5) is 13.1. The number of sulfonamides is 1. The van der Waals surface area contributed by atoms with Gasteiger partial charge in [-0.15, -0.1) is 11.8 Å². The van der Waals surface area contributed by atoms with Gasteiger partial charge in [-0.05, 0) is 43.2 Å². The van der Waals surface area contributed by atoms with Crippen molar-refractivity contribution >= 4 is 27.7 Å². The maximum absolute atomic E-state index is 11.8. The summed E-state index contributed by atoms with van der Waals surface area (Å²) in [6.07, 6.45) is 1.10. The fourth-order valence-electron chi connectivity index (χ4n) is 2.18. The fourth-order valence-corrected chi connectivity index (χ4v) is 3.54. The summed E-state index contributed by atoms with van der Waals surface area (Å²) in [7, 11) is -3.66. The second-order valence-corrected chi connectivity index (χ2v) is 8.43. The molecule has 3 N–H and O–H groups in total. The number of carbonyl (C=O) groups is 1. The number of rotatable bonds is 8. The number of amides is 1. The summed E-state index contributed by atoms with van der Waals surface area (Å²) in [5, 5.41) is 7.93. The molecule has 0 heterocycles. The van der Waals surface area contributed by atoms with E-state index in [1.54, 1.807) is 23.9 Å². The van der Waals surface area contributed by atoms with Gasteiger partial charge in [0.15, 0.2) is 0 Å². The SMILES string of the molecule is Cc1ccc(SCCC(=O)NCCc2ccc(S(N)(=O)=O)cc2)cc1. The normalized spacial score (nSPS) is 11.3. The van der Waals surface area contributed by atoms with E-state index in [0.717, 1.165) is 16.2 Å². The van der Waals surface area contributed by atoms with Crippen LogP contribution in [0.1, 0.15) is 17.5 Å². The van der Waals surface area contributed by atoms with Crippen molar-refractivity contribution in [1.29, 1.82) is 0 Å². The summed E-state index contributed by atoms with van der Waals surface area (Å²) >= 11 is 1.66. The monoisotopic (exact) mass is 378 g/mol. The van der Waals surface area contributed by atoms with Crippen LogP contribution in [0.4, 0.5) is 0 Å². The van der Waals surface area contributed by atoms with Gasteiger partial charge >= 0.3 is 0 Å². The quantitative estimate of drug-likeness (QED) is 0.691. The summed E-state index contributed by atoms with van der Waals surface area (Å²) in [5.74, 6) is 0.749. The molecule has 134 valence electrons. The van der Waals surface area contributed by atoms with Crippen molar-refractivity contribution in [2.75, 3.05) is 12.3 Å². The van der Waals surface area contributed by atoms with Crippen molar-refractivity contribution in [3.05, 3.63) is 59.7 Å². The van der Waals surface area contributed by atoms with E-state index in [1.807, 2.05) is 6.92 Å². The Morgan fingerprint density at radius 2 is 1.72 bits per heavy atom. The van der Waals surface area contributed by atoms with E-state index in [1.165, 1.54) is 17.7 Å². The van der Waals surface area contributed by atoms with Crippen LogP contribution in [0.15, 0.2) is 58.3 Å². The van der Waals surface area contributed by atoms with E-state index < -0.39 is 10.0 Å². The van der Waals surface area contributed by atoms with Crippen LogP contribution in [0, 0.1) is 6.92 Å². The highest BCUT2D eigenvalue weighted by Crippen LogP contribution is 2.18. The maximum Gasteiger partial charge on any atom is 0.238 e. The van der Waals surface area contributed by atoms with Gasteiger partial charge in [-0.1, -0.05) is 29.8 Å². The summed E-state index contributed by atoms with van der Waals surface area (Å²) in [6, 6.07) is 14.6. The van der Waals surface area contributed by atoms with Gasteiger partial charge in [-0.2, -0.15) is 0 Å². The highest BCUT2D eigenvalue weighted by Gasteiger charge is 2.07. The van der Waals surface area contributed by atoms with Crippen LogP contribution in [-0.4, -0.2) is 26.6 Å². The van der Waals surface area contributed by atoms with E-state index >= 15 is 0 Å². The van der Waals surface area contributed by atoms with Crippen molar-refractivity contribution in [2.45, 2.75) is 29.6 Å². The number of hydrogen-bond donors (Lipinski definition) is 2. The topological polar surface area (TPSA) is 89.3 Å². The Bertz CT molecular complexity index is 801. The molecule has 0 saturated heterocycles. The predicted molar refractivity (Wildman–Crippen MR) is 101 cm³/mol.